The van der Waals surface area contributed by atoms with Gasteiger partial charge in [-0.3, -0.25) is 4.79 Å². The number of aromatic nitrogens is 2. The van der Waals surface area contributed by atoms with Crippen LogP contribution in [0.1, 0.15) is 0 Å². The molecule has 0 unspecified atom stereocenters. The van der Waals surface area contributed by atoms with Crippen molar-refractivity contribution < 1.29 is 4.39 Å². The third-order valence-corrected chi connectivity index (χ3v) is 1.79. The fourth-order valence-electron chi connectivity index (χ4n) is 1.15. The zero-order valence-electron chi connectivity index (χ0n) is 7.20. The van der Waals surface area contributed by atoms with Gasteiger partial charge < -0.3 is 4.98 Å². The molecule has 0 aliphatic heterocycles. The van der Waals surface area contributed by atoms with E-state index in [0.717, 1.165) is 0 Å². The number of hydrogen-bond acceptors (Lipinski definition) is 2. The predicted molar refractivity (Wildman–Crippen MR) is 50.3 cm³/mol. The van der Waals surface area contributed by atoms with Crippen molar-refractivity contribution in [2.24, 2.45) is 0 Å². The Kier molecular flexibility index (Phi) is 2.10. The van der Waals surface area contributed by atoms with Crippen LogP contribution in [-0.2, 0) is 0 Å². The van der Waals surface area contributed by atoms with Gasteiger partial charge in [-0.25, -0.2) is 9.37 Å². The van der Waals surface area contributed by atoms with Crippen LogP contribution >= 0.6 is 0 Å². The lowest BCUT2D eigenvalue weighted by Crippen LogP contribution is -2.04. The van der Waals surface area contributed by atoms with Crippen molar-refractivity contribution in [1.82, 2.24) is 9.97 Å². The summed E-state index contributed by atoms with van der Waals surface area (Å²) in [5, 5.41) is 0. The molecule has 1 N–H and O–H groups in total. The zero-order chi connectivity index (χ0) is 9.97. The number of nitrogens with one attached hydrogen (secondary N) is 1. The smallest absolute Gasteiger partial charge is 0.266 e. The Morgan fingerprint density at radius 2 is 2.21 bits per heavy atom. The molecule has 0 aliphatic rings. The van der Waals surface area contributed by atoms with Crippen LogP contribution in [0.2, 0.25) is 0 Å². The van der Waals surface area contributed by atoms with Crippen molar-refractivity contribution in [2.45, 2.75) is 0 Å². The maximum atomic E-state index is 12.8. The molecule has 0 saturated carbocycles. The summed E-state index contributed by atoms with van der Waals surface area (Å²) in [5.41, 5.74) is 0.913. The Labute approximate surface area is 79.3 Å². The van der Waals surface area contributed by atoms with Crippen LogP contribution in [-0.4, -0.2) is 9.97 Å². The van der Waals surface area contributed by atoms with E-state index < -0.39 is 0 Å². The highest BCUT2D eigenvalue weighted by Gasteiger charge is 1.99. The molecular weight excluding hydrogens is 183 g/mol. The van der Waals surface area contributed by atoms with Gasteiger partial charge in [0.05, 0.1) is 11.9 Å². The van der Waals surface area contributed by atoms with Crippen LogP contribution in [0.25, 0.3) is 11.3 Å². The van der Waals surface area contributed by atoms with E-state index in [1.54, 1.807) is 12.1 Å². The Morgan fingerprint density at radius 3 is 2.86 bits per heavy atom. The van der Waals surface area contributed by atoms with E-state index in [1.165, 1.54) is 24.5 Å². The molecule has 2 rings (SSSR count). The number of H-pyrrole nitrogens is 1. The highest BCUT2D eigenvalue weighted by Crippen LogP contribution is 2.15. The second-order valence-corrected chi connectivity index (χ2v) is 2.81. The number of rotatable bonds is 1. The molecule has 0 atom stereocenters. The Hall–Kier alpha value is -1.97. The quantitative estimate of drug-likeness (QED) is 0.741. The molecular formula is C10H7FN2O. The molecule has 0 saturated heterocycles. The summed E-state index contributed by atoms with van der Waals surface area (Å²) >= 11 is 0. The van der Waals surface area contributed by atoms with Gasteiger partial charge in [-0.2, -0.15) is 0 Å². The Bertz CT molecular complexity index is 487. The van der Waals surface area contributed by atoms with Gasteiger partial charge in [-0.1, -0.05) is 12.1 Å². The summed E-state index contributed by atoms with van der Waals surface area (Å²) in [6.45, 7) is 0. The van der Waals surface area contributed by atoms with Gasteiger partial charge in [0.1, 0.15) is 5.82 Å². The first-order valence-corrected chi connectivity index (χ1v) is 4.06. The van der Waals surface area contributed by atoms with Gasteiger partial charge in [-0.05, 0) is 12.1 Å². The Morgan fingerprint density at radius 1 is 1.36 bits per heavy atom. The van der Waals surface area contributed by atoms with Gasteiger partial charge >= 0.3 is 0 Å². The standard InChI is InChI=1S/C10H7FN2O/c11-8-3-1-2-7(4-8)9-5-13-10(14)6-12-9/h1-6H,(H,13,14). The average Bonchev–Trinajstić information content (AvgIpc) is 2.19. The first-order chi connectivity index (χ1) is 6.75. The van der Waals surface area contributed by atoms with E-state index in [9.17, 15) is 9.18 Å². The highest BCUT2D eigenvalue weighted by atomic mass is 19.1. The zero-order valence-corrected chi connectivity index (χ0v) is 7.20. The van der Waals surface area contributed by atoms with Crippen molar-refractivity contribution >= 4 is 0 Å². The number of benzene rings is 1. The first kappa shape index (κ1) is 8.62. The molecule has 3 nitrogen and oxygen atoms in total. The number of aromatic amines is 1. The molecule has 1 heterocycles. The van der Waals surface area contributed by atoms with Gasteiger partial charge in [-0.15, -0.1) is 0 Å². The van der Waals surface area contributed by atoms with Crippen molar-refractivity contribution in [3.8, 4) is 11.3 Å². The SMILES string of the molecule is O=c1cnc(-c2cccc(F)c2)c[nH]1. The summed E-state index contributed by atoms with van der Waals surface area (Å²) < 4.78 is 12.8. The summed E-state index contributed by atoms with van der Waals surface area (Å²) in [4.78, 5) is 17.1. The van der Waals surface area contributed by atoms with Gasteiger partial charge in [0.15, 0.2) is 0 Å². The van der Waals surface area contributed by atoms with Crippen LogP contribution in [0.4, 0.5) is 4.39 Å². The lowest BCUT2D eigenvalue weighted by Gasteiger charge is -1.98. The van der Waals surface area contributed by atoms with Crippen LogP contribution in [0.3, 0.4) is 0 Å². The summed E-state index contributed by atoms with van der Waals surface area (Å²) in [6.07, 6.45) is 2.62. The topological polar surface area (TPSA) is 45.8 Å². The average molecular weight is 190 g/mol. The summed E-state index contributed by atoms with van der Waals surface area (Å²) in [5.74, 6) is -0.324. The van der Waals surface area contributed by atoms with Gasteiger partial charge in [0.2, 0.25) is 0 Å². The van der Waals surface area contributed by atoms with Crippen molar-refractivity contribution in [3.63, 3.8) is 0 Å². The van der Waals surface area contributed by atoms with E-state index in [0.29, 0.717) is 11.3 Å². The summed E-state index contributed by atoms with van der Waals surface area (Å²) in [6, 6.07) is 6.04. The van der Waals surface area contributed by atoms with E-state index >= 15 is 0 Å². The molecule has 0 spiro atoms. The lowest BCUT2D eigenvalue weighted by atomic mass is 10.1. The minimum atomic E-state index is -0.324. The maximum Gasteiger partial charge on any atom is 0.266 e. The largest absolute Gasteiger partial charge is 0.326 e. The molecule has 14 heavy (non-hydrogen) atoms. The molecule has 70 valence electrons. The maximum absolute atomic E-state index is 12.8. The third kappa shape index (κ3) is 1.69. The second kappa shape index (κ2) is 3.41. The third-order valence-electron chi connectivity index (χ3n) is 1.79. The van der Waals surface area contributed by atoms with Crippen LogP contribution in [0.15, 0.2) is 41.5 Å². The van der Waals surface area contributed by atoms with Crippen molar-refractivity contribution in [2.75, 3.05) is 0 Å². The molecule has 1 aromatic carbocycles. The minimum absolute atomic E-state index is 0.273. The number of halogens is 1. The molecule has 0 amide bonds. The first-order valence-electron chi connectivity index (χ1n) is 4.06. The molecule has 2 aromatic rings. The van der Waals surface area contributed by atoms with Crippen LogP contribution < -0.4 is 5.56 Å². The van der Waals surface area contributed by atoms with Gasteiger partial charge in [0.25, 0.3) is 5.56 Å². The highest BCUT2D eigenvalue weighted by molar-refractivity contribution is 5.57. The van der Waals surface area contributed by atoms with Crippen molar-refractivity contribution in [3.05, 3.63) is 52.8 Å². The van der Waals surface area contributed by atoms with E-state index in [4.69, 9.17) is 0 Å². The summed E-state index contributed by atoms with van der Waals surface area (Å²) in [7, 11) is 0. The van der Waals surface area contributed by atoms with E-state index in [1.807, 2.05) is 0 Å². The number of nitrogens with zero attached hydrogens (tertiary/aromatic N) is 1. The lowest BCUT2D eigenvalue weighted by molar-refractivity contribution is 0.628. The molecule has 0 aliphatic carbocycles. The molecule has 4 heteroatoms. The predicted octanol–water partition coefficient (Wildman–Crippen LogP) is 1.58. The van der Waals surface area contributed by atoms with Crippen LogP contribution in [0.5, 0.6) is 0 Å². The minimum Gasteiger partial charge on any atom is -0.326 e. The number of hydrogen-bond donors (Lipinski definition) is 1. The fraction of sp³-hybridized carbons (Fsp3) is 0. The molecule has 0 bridgehead atoms. The van der Waals surface area contributed by atoms with E-state index in [2.05, 4.69) is 9.97 Å². The van der Waals surface area contributed by atoms with Crippen molar-refractivity contribution in [1.29, 1.82) is 0 Å². The Balaban J connectivity index is 2.49. The monoisotopic (exact) mass is 190 g/mol. The van der Waals surface area contributed by atoms with Gasteiger partial charge in [0, 0.05) is 11.8 Å². The van der Waals surface area contributed by atoms with Crippen LogP contribution in [0, 0.1) is 5.82 Å². The molecule has 0 radical (unpaired) electrons. The molecule has 1 aromatic heterocycles. The van der Waals surface area contributed by atoms with E-state index in [-0.39, 0.29) is 11.4 Å². The fourth-order valence-corrected chi connectivity index (χ4v) is 1.15. The molecule has 0 fully saturated rings. The second-order valence-electron chi connectivity index (χ2n) is 2.81. The normalized spacial score (nSPS) is 10.1.